The molecule has 2 amide bonds. The van der Waals surface area contributed by atoms with Crippen molar-refractivity contribution in [2.45, 2.75) is 69.9 Å². The van der Waals surface area contributed by atoms with Crippen molar-refractivity contribution in [2.24, 2.45) is 0 Å². The van der Waals surface area contributed by atoms with Gasteiger partial charge in [-0.05, 0) is 32.1 Å². The molecule has 1 spiro atoms. The predicted molar refractivity (Wildman–Crippen MR) is 80.9 cm³/mol. The molecule has 21 heavy (non-hydrogen) atoms. The van der Waals surface area contributed by atoms with Crippen LogP contribution in [-0.2, 0) is 14.3 Å². The van der Waals surface area contributed by atoms with Crippen LogP contribution in [0, 0.1) is 0 Å². The lowest BCUT2D eigenvalue weighted by Gasteiger charge is -2.47. The number of nitrogens with zero attached hydrogens (tertiary/aromatic N) is 1. The summed E-state index contributed by atoms with van der Waals surface area (Å²) in [5.74, 6) is 0.178. The quantitative estimate of drug-likeness (QED) is 0.761. The van der Waals surface area contributed by atoms with Gasteiger partial charge in [0.2, 0.25) is 11.8 Å². The lowest BCUT2D eigenvalue weighted by molar-refractivity contribution is -0.157. The van der Waals surface area contributed by atoms with Gasteiger partial charge in [0.05, 0.1) is 0 Å². The largest absolute Gasteiger partial charge is 0.385 e. The number of hydrogen-bond donors (Lipinski definition) is 1. The first-order chi connectivity index (χ1) is 10.1. The minimum atomic E-state index is -0.609. The van der Waals surface area contributed by atoms with Crippen LogP contribution in [0.5, 0.6) is 0 Å². The van der Waals surface area contributed by atoms with Crippen LogP contribution < -0.4 is 5.32 Å². The average molecular weight is 296 g/mol. The van der Waals surface area contributed by atoms with E-state index in [1.807, 2.05) is 11.8 Å². The molecule has 1 unspecified atom stereocenters. The molecule has 5 heteroatoms. The number of ether oxygens (including phenoxy) is 1. The summed E-state index contributed by atoms with van der Waals surface area (Å²) in [5, 5.41) is 3.06. The zero-order chi connectivity index (χ0) is 15.3. The maximum absolute atomic E-state index is 13.0. The SMILES string of the molecule is CCC1C(=O)NC2(CCCCC2)C(=O)N1CCCCOC. The van der Waals surface area contributed by atoms with E-state index >= 15 is 0 Å². The van der Waals surface area contributed by atoms with Crippen molar-refractivity contribution in [3.8, 4) is 0 Å². The summed E-state index contributed by atoms with van der Waals surface area (Å²) >= 11 is 0. The summed E-state index contributed by atoms with van der Waals surface area (Å²) < 4.78 is 5.06. The lowest BCUT2D eigenvalue weighted by Crippen LogP contribution is -2.70. The van der Waals surface area contributed by atoms with Crippen LogP contribution in [0.4, 0.5) is 0 Å². The summed E-state index contributed by atoms with van der Waals surface area (Å²) in [4.78, 5) is 27.2. The van der Waals surface area contributed by atoms with E-state index in [2.05, 4.69) is 5.32 Å². The van der Waals surface area contributed by atoms with E-state index in [9.17, 15) is 9.59 Å². The van der Waals surface area contributed by atoms with Gasteiger partial charge < -0.3 is 15.0 Å². The first kappa shape index (κ1) is 16.3. The first-order valence-corrected chi connectivity index (χ1v) is 8.26. The normalized spacial score (nSPS) is 25.2. The third kappa shape index (κ3) is 3.39. The number of carbonyl (C=O) groups excluding carboxylic acids is 2. The van der Waals surface area contributed by atoms with E-state index in [1.165, 1.54) is 0 Å². The summed E-state index contributed by atoms with van der Waals surface area (Å²) in [5.41, 5.74) is -0.609. The fourth-order valence-electron chi connectivity index (χ4n) is 3.62. The standard InChI is InChI=1S/C16H28N2O3/c1-3-13-14(19)17-16(9-5-4-6-10-16)15(20)18(13)11-7-8-12-21-2/h13H,3-12H2,1-2H3,(H,17,19). The van der Waals surface area contributed by atoms with Crippen molar-refractivity contribution < 1.29 is 14.3 Å². The van der Waals surface area contributed by atoms with Gasteiger partial charge in [-0.2, -0.15) is 0 Å². The van der Waals surface area contributed by atoms with Gasteiger partial charge in [0.25, 0.3) is 0 Å². The number of amides is 2. The highest BCUT2D eigenvalue weighted by atomic mass is 16.5. The van der Waals surface area contributed by atoms with Gasteiger partial charge in [-0.15, -0.1) is 0 Å². The molecule has 2 fully saturated rings. The Morgan fingerprint density at radius 3 is 2.57 bits per heavy atom. The second-order valence-electron chi connectivity index (χ2n) is 6.25. The van der Waals surface area contributed by atoms with Gasteiger partial charge in [0, 0.05) is 20.3 Å². The maximum Gasteiger partial charge on any atom is 0.249 e. The van der Waals surface area contributed by atoms with Crippen LogP contribution in [0.3, 0.4) is 0 Å². The van der Waals surface area contributed by atoms with E-state index in [0.717, 1.165) is 44.9 Å². The van der Waals surface area contributed by atoms with Gasteiger partial charge >= 0.3 is 0 Å². The van der Waals surface area contributed by atoms with Gasteiger partial charge in [-0.25, -0.2) is 0 Å². The Balaban J connectivity index is 2.08. The Kier molecular flexibility index (Phi) is 5.62. The number of piperazine rings is 1. The smallest absolute Gasteiger partial charge is 0.249 e. The summed E-state index contributed by atoms with van der Waals surface area (Å²) in [7, 11) is 1.69. The second-order valence-corrected chi connectivity index (χ2v) is 6.25. The molecule has 120 valence electrons. The maximum atomic E-state index is 13.0. The molecule has 2 aliphatic rings. The molecule has 0 aromatic rings. The number of nitrogens with one attached hydrogen (secondary N) is 1. The van der Waals surface area contributed by atoms with Crippen molar-refractivity contribution in [3.63, 3.8) is 0 Å². The van der Waals surface area contributed by atoms with E-state index in [-0.39, 0.29) is 17.9 Å². The van der Waals surface area contributed by atoms with Crippen molar-refractivity contribution in [1.29, 1.82) is 0 Å². The number of unbranched alkanes of at least 4 members (excludes halogenated alkanes) is 1. The van der Waals surface area contributed by atoms with Crippen LogP contribution >= 0.6 is 0 Å². The number of rotatable bonds is 6. The van der Waals surface area contributed by atoms with Crippen LogP contribution in [0.15, 0.2) is 0 Å². The van der Waals surface area contributed by atoms with E-state index < -0.39 is 5.54 Å². The highest BCUT2D eigenvalue weighted by Gasteiger charge is 2.50. The molecule has 0 aromatic carbocycles. The Morgan fingerprint density at radius 2 is 1.95 bits per heavy atom. The van der Waals surface area contributed by atoms with Gasteiger partial charge in [0.15, 0.2) is 0 Å². The lowest BCUT2D eigenvalue weighted by atomic mass is 9.78. The van der Waals surface area contributed by atoms with E-state index in [0.29, 0.717) is 19.6 Å². The highest BCUT2D eigenvalue weighted by molar-refractivity contribution is 5.99. The first-order valence-electron chi connectivity index (χ1n) is 8.26. The molecule has 2 rings (SSSR count). The molecule has 1 atom stereocenters. The highest BCUT2D eigenvalue weighted by Crippen LogP contribution is 2.33. The zero-order valence-corrected chi connectivity index (χ0v) is 13.3. The van der Waals surface area contributed by atoms with Crippen LogP contribution in [-0.4, -0.2) is 48.6 Å². The molecule has 1 N–H and O–H groups in total. The Hall–Kier alpha value is -1.10. The Labute approximate surface area is 127 Å². The molecule has 1 saturated heterocycles. The third-order valence-electron chi connectivity index (χ3n) is 4.80. The molecule has 1 heterocycles. The minimum Gasteiger partial charge on any atom is -0.385 e. The molecule has 5 nitrogen and oxygen atoms in total. The van der Waals surface area contributed by atoms with Gasteiger partial charge in [-0.1, -0.05) is 26.2 Å². The number of carbonyl (C=O) groups is 2. The molecule has 0 aromatic heterocycles. The van der Waals surface area contributed by atoms with Crippen LogP contribution in [0.1, 0.15) is 58.3 Å². The summed E-state index contributed by atoms with van der Waals surface area (Å²) in [6.07, 6.45) is 7.30. The number of hydrogen-bond acceptors (Lipinski definition) is 3. The monoisotopic (exact) mass is 296 g/mol. The van der Waals surface area contributed by atoms with Crippen molar-refractivity contribution >= 4 is 11.8 Å². The fraction of sp³-hybridized carbons (Fsp3) is 0.875. The van der Waals surface area contributed by atoms with Crippen molar-refractivity contribution in [1.82, 2.24) is 10.2 Å². The Morgan fingerprint density at radius 1 is 1.24 bits per heavy atom. The molecule has 1 aliphatic carbocycles. The van der Waals surface area contributed by atoms with Crippen molar-refractivity contribution in [3.05, 3.63) is 0 Å². The zero-order valence-electron chi connectivity index (χ0n) is 13.3. The Bertz CT molecular complexity index is 378. The third-order valence-corrected chi connectivity index (χ3v) is 4.80. The predicted octanol–water partition coefficient (Wildman–Crippen LogP) is 1.85. The van der Waals surface area contributed by atoms with Crippen LogP contribution in [0.25, 0.3) is 0 Å². The number of methoxy groups -OCH3 is 1. The summed E-state index contributed by atoms with van der Waals surface area (Å²) in [6, 6.07) is -0.299. The molecule has 1 saturated carbocycles. The second kappa shape index (κ2) is 7.25. The molecule has 1 aliphatic heterocycles. The topological polar surface area (TPSA) is 58.6 Å². The minimum absolute atomic E-state index is 0.0331. The van der Waals surface area contributed by atoms with Gasteiger partial charge in [0.1, 0.15) is 11.6 Å². The van der Waals surface area contributed by atoms with E-state index in [4.69, 9.17) is 4.74 Å². The molecule has 0 bridgehead atoms. The summed E-state index contributed by atoms with van der Waals surface area (Å²) in [6.45, 7) is 3.34. The molecular weight excluding hydrogens is 268 g/mol. The fourth-order valence-corrected chi connectivity index (χ4v) is 3.62. The molecular formula is C16H28N2O3. The van der Waals surface area contributed by atoms with Crippen molar-refractivity contribution in [2.75, 3.05) is 20.3 Å². The van der Waals surface area contributed by atoms with Crippen LogP contribution in [0.2, 0.25) is 0 Å². The molecule has 0 radical (unpaired) electrons. The van der Waals surface area contributed by atoms with Gasteiger partial charge in [-0.3, -0.25) is 9.59 Å². The van der Waals surface area contributed by atoms with E-state index in [1.54, 1.807) is 7.11 Å². The average Bonchev–Trinajstić information content (AvgIpc) is 2.49.